The number of benzene rings is 2. The lowest BCUT2D eigenvalue weighted by Crippen LogP contribution is -2.15. The Bertz CT molecular complexity index is 1420. The van der Waals surface area contributed by atoms with Gasteiger partial charge in [0, 0.05) is 11.8 Å². The molecular formula is C22H17F3N4O4S. The SMILES string of the molecule is Cc1cc2c(cc1C(F)(F)F)NC(=O)CC(c1cccc(Oc3cnc(S(C)(=O)=O)nc3)c1)=N2. The van der Waals surface area contributed by atoms with E-state index in [0.29, 0.717) is 17.0 Å². The summed E-state index contributed by atoms with van der Waals surface area (Å²) in [5, 5.41) is 2.15. The van der Waals surface area contributed by atoms with Gasteiger partial charge in [-0.05, 0) is 36.8 Å². The number of aromatic nitrogens is 2. The number of rotatable bonds is 4. The molecule has 34 heavy (non-hydrogen) atoms. The molecule has 12 heteroatoms. The molecule has 1 aromatic heterocycles. The molecule has 1 amide bonds. The Hall–Kier alpha value is -3.80. The maximum Gasteiger partial charge on any atom is 0.416 e. The second-order valence-corrected chi connectivity index (χ2v) is 9.48. The molecule has 0 saturated carbocycles. The van der Waals surface area contributed by atoms with Crippen molar-refractivity contribution in [3.8, 4) is 11.5 Å². The second-order valence-electron chi connectivity index (χ2n) is 7.57. The Morgan fingerprint density at radius 1 is 1.06 bits per heavy atom. The molecule has 2 heterocycles. The highest BCUT2D eigenvalue weighted by Gasteiger charge is 2.34. The highest BCUT2D eigenvalue weighted by atomic mass is 32.2. The second kappa shape index (κ2) is 8.52. The van der Waals surface area contributed by atoms with E-state index < -0.39 is 27.5 Å². The maximum atomic E-state index is 13.3. The van der Waals surface area contributed by atoms with Crippen LogP contribution in [0, 0.1) is 6.92 Å². The largest absolute Gasteiger partial charge is 0.454 e. The van der Waals surface area contributed by atoms with Gasteiger partial charge in [-0.15, -0.1) is 0 Å². The lowest BCUT2D eigenvalue weighted by atomic mass is 10.1. The summed E-state index contributed by atoms with van der Waals surface area (Å²) >= 11 is 0. The van der Waals surface area contributed by atoms with Crippen LogP contribution in [0.4, 0.5) is 24.5 Å². The molecule has 0 atom stereocenters. The van der Waals surface area contributed by atoms with E-state index in [-0.39, 0.29) is 34.3 Å². The summed E-state index contributed by atoms with van der Waals surface area (Å²) < 4.78 is 68.4. The molecule has 176 valence electrons. The van der Waals surface area contributed by atoms with Crippen LogP contribution in [0.5, 0.6) is 11.5 Å². The smallest absolute Gasteiger partial charge is 0.416 e. The monoisotopic (exact) mass is 490 g/mol. The zero-order valence-corrected chi connectivity index (χ0v) is 18.7. The minimum atomic E-state index is -4.56. The minimum absolute atomic E-state index is 0.0138. The van der Waals surface area contributed by atoms with Gasteiger partial charge >= 0.3 is 6.18 Å². The molecule has 0 unspecified atom stereocenters. The molecule has 4 rings (SSSR count). The summed E-state index contributed by atoms with van der Waals surface area (Å²) in [4.78, 5) is 24.4. The molecule has 1 aliphatic rings. The predicted octanol–water partition coefficient (Wildman–Crippen LogP) is 4.46. The molecule has 3 aromatic rings. The number of carbonyl (C=O) groups excluding carboxylic acids is 1. The Kier molecular flexibility index (Phi) is 5.86. The van der Waals surface area contributed by atoms with E-state index in [1.165, 1.54) is 25.4 Å². The van der Waals surface area contributed by atoms with Crippen molar-refractivity contribution in [2.24, 2.45) is 4.99 Å². The van der Waals surface area contributed by atoms with Crippen molar-refractivity contribution >= 4 is 32.8 Å². The number of alkyl halides is 3. The summed E-state index contributed by atoms with van der Waals surface area (Å²) in [5.41, 5.74) is 0.192. The summed E-state index contributed by atoms with van der Waals surface area (Å²) in [7, 11) is -3.55. The van der Waals surface area contributed by atoms with E-state index in [1.807, 2.05) is 0 Å². The number of amides is 1. The third kappa shape index (κ3) is 5.06. The van der Waals surface area contributed by atoms with E-state index in [9.17, 15) is 26.4 Å². The van der Waals surface area contributed by atoms with Crippen LogP contribution in [-0.2, 0) is 20.8 Å². The molecule has 8 nitrogen and oxygen atoms in total. The Morgan fingerprint density at radius 2 is 1.76 bits per heavy atom. The first-order valence-corrected chi connectivity index (χ1v) is 11.7. The number of hydrogen-bond donors (Lipinski definition) is 1. The number of ether oxygens (including phenoxy) is 1. The number of carbonyl (C=O) groups is 1. The van der Waals surface area contributed by atoms with Crippen molar-refractivity contribution in [2.45, 2.75) is 24.7 Å². The van der Waals surface area contributed by atoms with Crippen molar-refractivity contribution in [3.63, 3.8) is 0 Å². The lowest BCUT2D eigenvalue weighted by molar-refractivity contribution is -0.138. The van der Waals surface area contributed by atoms with Crippen molar-refractivity contribution in [1.82, 2.24) is 9.97 Å². The summed E-state index contributed by atoms with van der Waals surface area (Å²) in [6.45, 7) is 1.33. The Balaban J connectivity index is 1.66. The number of nitrogens with zero attached hydrogens (tertiary/aromatic N) is 3. The van der Waals surface area contributed by atoms with Crippen molar-refractivity contribution in [2.75, 3.05) is 11.6 Å². The first-order chi connectivity index (χ1) is 15.9. The van der Waals surface area contributed by atoms with Gasteiger partial charge in [0.15, 0.2) is 5.75 Å². The standard InChI is InChI=1S/C22H17F3N4O4S/c1-12-6-18-19(8-16(12)22(23,24)25)29-20(30)9-17(28-18)13-4-3-5-14(7-13)33-15-10-26-21(27-11-15)34(2,31)32/h3-8,10-11H,9H2,1-2H3,(H,29,30). The molecule has 0 bridgehead atoms. The van der Waals surface area contributed by atoms with E-state index in [4.69, 9.17) is 4.74 Å². The number of halogens is 3. The maximum absolute atomic E-state index is 13.3. The zero-order chi connectivity index (χ0) is 24.7. The predicted molar refractivity (Wildman–Crippen MR) is 117 cm³/mol. The first kappa shape index (κ1) is 23.4. The van der Waals surface area contributed by atoms with E-state index in [2.05, 4.69) is 20.3 Å². The van der Waals surface area contributed by atoms with Crippen LogP contribution < -0.4 is 10.1 Å². The molecule has 1 N–H and O–H groups in total. The number of hydrogen-bond acceptors (Lipinski definition) is 7. The van der Waals surface area contributed by atoms with Gasteiger partial charge in [-0.2, -0.15) is 13.2 Å². The molecule has 0 saturated heterocycles. The third-order valence-electron chi connectivity index (χ3n) is 4.84. The fourth-order valence-electron chi connectivity index (χ4n) is 3.31. The van der Waals surface area contributed by atoms with Gasteiger partial charge in [0.25, 0.3) is 0 Å². The van der Waals surface area contributed by atoms with Gasteiger partial charge in [0.2, 0.25) is 20.9 Å². The van der Waals surface area contributed by atoms with Gasteiger partial charge in [-0.3, -0.25) is 9.79 Å². The van der Waals surface area contributed by atoms with Crippen LogP contribution in [0.15, 0.2) is 58.9 Å². The molecule has 2 aromatic carbocycles. The quantitative estimate of drug-likeness (QED) is 0.541. The summed E-state index contributed by atoms with van der Waals surface area (Å²) in [6.07, 6.45) is -1.31. The van der Waals surface area contributed by atoms with Crippen LogP contribution in [0.2, 0.25) is 0 Å². The van der Waals surface area contributed by atoms with Crippen LogP contribution >= 0.6 is 0 Å². The number of anilines is 1. The zero-order valence-electron chi connectivity index (χ0n) is 17.8. The van der Waals surface area contributed by atoms with E-state index >= 15 is 0 Å². The molecule has 0 radical (unpaired) electrons. The van der Waals surface area contributed by atoms with Crippen molar-refractivity contribution in [1.29, 1.82) is 0 Å². The van der Waals surface area contributed by atoms with Crippen molar-refractivity contribution in [3.05, 3.63) is 65.5 Å². The topological polar surface area (TPSA) is 111 Å². The van der Waals surface area contributed by atoms with E-state index in [0.717, 1.165) is 12.3 Å². The molecular weight excluding hydrogens is 473 g/mol. The van der Waals surface area contributed by atoms with Crippen LogP contribution in [-0.4, -0.2) is 36.3 Å². The number of fused-ring (bicyclic) bond motifs is 1. The van der Waals surface area contributed by atoms with Crippen LogP contribution in [0.1, 0.15) is 23.1 Å². The summed E-state index contributed by atoms with van der Waals surface area (Å²) in [6, 6.07) is 8.72. The average molecular weight is 490 g/mol. The Morgan fingerprint density at radius 3 is 2.41 bits per heavy atom. The van der Waals surface area contributed by atoms with Gasteiger partial charge < -0.3 is 10.1 Å². The first-order valence-electron chi connectivity index (χ1n) is 9.80. The third-order valence-corrected chi connectivity index (χ3v) is 5.72. The number of nitrogens with one attached hydrogen (secondary N) is 1. The molecule has 0 aliphatic carbocycles. The number of sulfone groups is 1. The fraction of sp³-hybridized carbons (Fsp3) is 0.182. The highest BCUT2D eigenvalue weighted by Crippen LogP contribution is 2.39. The fourth-order valence-corrected chi connectivity index (χ4v) is 3.80. The summed E-state index contributed by atoms with van der Waals surface area (Å²) in [5.74, 6) is 0.0145. The normalized spacial score (nSPS) is 14.0. The lowest BCUT2D eigenvalue weighted by Gasteiger charge is -2.13. The minimum Gasteiger partial charge on any atom is -0.454 e. The Labute approximate surface area is 192 Å². The van der Waals surface area contributed by atoms with E-state index in [1.54, 1.807) is 24.3 Å². The highest BCUT2D eigenvalue weighted by molar-refractivity contribution is 7.90. The van der Waals surface area contributed by atoms with Gasteiger partial charge in [0.05, 0.1) is 41.5 Å². The molecule has 0 spiro atoms. The van der Waals surface area contributed by atoms with Crippen LogP contribution in [0.25, 0.3) is 0 Å². The number of aliphatic imine (C=N–C) groups is 1. The average Bonchev–Trinajstić information content (AvgIpc) is 2.90. The van der Waals surface area contributed by atoms with Gasteiger partial charge in [-0.1, -0.05) is 12.1 Å². The van der Waals surface area contributed by atoms with Gasteiger partial charge in [-0.25, -0.2) is 18.4 Å². The van der Waals surface area contributed by atoms with Crippen molar-refractivity contribution < 1.29 is 31.1 Å². The van der Waals surface area contributed by atoms with Gasteiger partial charge in [0.1, 0.15) is 5.75 Å². The molecule has 0 fully saturated rings. The molecule has 1 aliphatic heterocycles. The number of aryl methyl sites for hydroxylation is 1. The van der Waals surface area contributed by atoms with Crippen LogP contribution in [0.3, 0.4) is 0 Å².